The van der Waals surface area contributed by atoms with Crippen LogP contribution in [-0.2, 0) is 14.2 Å². The highest BCUT2D eigenvalue weighted by Gasteiger charge is 2.47. The smallest absolute Gasteiger partial charge is 0.351 e. The molecule has 2 aromatic rings. The fraction of sp³-hybridized carbons (Fsp3) is 0.476. The third-order valence-corrected chi connectivity index (χ3v) is 5.39. The molecule has 3 N–H and O–H groups in total. The highest BCUT2D eigenvalue weighted by atomic mass is 16.7. The third-order valence-electron chi connectivity index (χ3n) is 5.39. The Hall–Kier alpha value is -2.83. The first-order valence-electron chi connectivity index (χ1n) is 10.3. The number of carbonyl (C=O) groups is 1. The van der Waals surface area contributed by atoms with Gasteiger partial charge in [-0.05, 0) is 36.8 Å². The van der Waals surface area contributed by atoms with Crippen molar-refractivity contribution in [3.05, 3.63) is 52.6 Å². The largest absolute Gasteiger partial charge is 0.497 e. The molecule has 2 fully saturated rings. The summed E-state index contributed by atoms with van der Waals surface area (Å²) in [4.78, 5) is 29.0. The van der Waals surface area contributed by atoms with Gasteiger partial charge in [0, 0.05) is 24.8 Å². The molecule has 11 nitrogen and oxygen atoms in total. The van der Waals surface area contributed by atoms with E-state index in [1.54, 1.807) is 24.3 Å². The molecule has 1 aromatic heterocycles. The van der Waals surface area contributed by atoms with Crippen LogP contribution in [0, 0.1) is 0 Å². The van der Waals surface area contributed by atoms with Gasteiger partial charge in [0.2, 0.25) is 0 Å². The fourth-order valence-corrected chi connectivity index (χ4v) is 3.68. The molecule has 1 aromatic carbocycles. The van der Waals surface area contributed by atoms with Crippen LogP contribution in [0.4, 0.5) is 5.82 Å². The molecule has 2 aliphatic heterocycles. The van der Waals surface area contributed by atoms with Crippen LogP contribution in [0.15, 0.2) is 41.3 Å². The van der Waals surface area contributed by atoms with Gasteiger partial charge in [0.05, 0.1) is 13.7 Å². The highest BCUT2D eigenvalue weighted by molar-refractivity contribution is 6.03. The number of methoxy groups -OCH3 is 1. The van der Waals surface area contributed by atoms with Crippen molar-refractivity contribution < 1.29 is 34.0 Å². The monoisotopic (exact) mass is 447 g/mol. The number of amides is 1. The molecular formula is C21H25N3O8. The number of nitrogens with zero attached hydrogens (tertiary/aromatic N) is 2. The number of carbonyl (C=O) groups excluding carboxylic acids is 1. The lowest BCUT2D eigenvalue weighted by Crippen LogP contribution is -2.40. The Kier molecular flexibility index (Phi) is 6.82. The maximum absolute atomic E-state index is 12.7. The van der Waals surface area contributed by atoms with Gasteiger partial charge in [-0.3, -0.25) is 9.36 Å². The SMILES string of the molecule is COc1ccc(C(=O)Nc2ccn([C@@H]3O[C@H](CO)[C@@H](O)[C@H]3OC3CCCO3)c(=O)n2)cc1. The quantitative estimate of drug-likeness (QED) is 0.545. The van der Waals surface area contributed by atoms with Crippen molar-refractivity contribution in [1.82, 2.24) is 9.55 Å². The molecule has 0 saturated carbocycles. The van der Waals surface area contributed by atoms with Gasteiger partial charge in [0.25, 0.3) is 5.91 Å². The number of aliphatic hydroxyl groups is 2. The van der Waals surface area contributed by atoms with Gasteiger partial charge in [-0.15, -0.1) is 0 Å². The number of nitrogens with one attached hydrogen (secondary N) is 1. The molecule has 2 aliphatic rings. The standard InChI is InChI=1S/C21H25N3O8/c1-29-13-6-4-12(5-7-13)19(27)22-15-8-9-24(21(28)23-15)20-18(17(26)14(11-25)31-20)32-16-3-2-10-30-16/h4-9,14,16-18,20,25-26H,2-3,10-11H2,1H3,(H,22,23,27,28)/t14-,16?,17-,18-,20-/m1/s1. The van der Waals surface area contributed by atoms with Gasteiger partial charge in [0.15, 0.2) is 12.5 Å². The average molecular weight is 447 g/mol. The Morgan fingerprint density at radius 1 is 1.31 bits per heavy atom. The lowest BCUT2D eigenvalue weighted by molar-refractivity contribution is -0.182. The van der Waals surface area contributed by atoms with Gasteiger partial charge in [-0.1, -0.05) is 0 Å². The summed E-state index contributed by atoms with van der Waals surface area (Å²) in [5.41, 5.74) is -0.343. The Morgan fingerprint density at radius 2 is 2.09 bits per heavy atom. The van der Waals surface area contributed by atoms with Crippen molar-refractivity contribution in [2.24, 2.45) is 0 Å². The number of benzene rings is 1. The molecule has 4 rings (SSSR count). The van der Waals surface area contributed by atoms with Crippen molar-refractivity contribution in [3.8, 4) is 5.75 Å². The molecule has 1 amide bonds. The zero-order chi connectivity index (χ0) is 22.7. The van der Waals surface area contributed by atoms with E-state index in [0.29, 0.717) is 24.3 Å². The lowest BCUT2D eigenvalue weighted by Gasteiger charge is -2.25. The van der Waals surface area contributed by atoms with Crippen LogP contribution in [0.3, 0.4) is 0 Å². The summed E-state index contributed by atoms with van der Waals surface area (Å²) in [6, 6.07) is 7.91. The van der Waals surface area contributed by atoms with Crippen molar-refractivity contribution >= 4 is 11.7 Å². The first-order chi connectivity index (χ1) is 15.5. The molecule has 11 heteroatoms. The van der Waals surface area contributed by atoms with E-state index in [1.807, 2.05) is 0 Å². The van der Waals surface area contributed by atoms with Gasteiger partial charge in [-0.25, -0.2) is 4.79 Å². The van der Waals surface area contributed by atoms with Gasteiger partial charge in [0.1, 0.15) is 29.9 Å². The molecule has 3 heterocycles. The number of ether oxygens (including phenoxy) is 4. The Morgan fingerprint density at radius 3 is 2.72 bits per heavy atom. The maximum atomic E-state index is 12.7. The van der Waals surface area contributed by atoms with E-state index in [9.17, 15) is 19.8 Å². The lowest BCUT2D eigenvalue weighted by atomic mass is 10.1. The Bertz CT molecular complexity index is 989. The normalized spacial score (nSPS) is 27.4. The van der Waals surface area contributed by atoms with E-state index in [0.717, 1.165) is 11.0 Å². The molecule has 5 atom stereocenters. The second-order valence-electron chi connectivity index (χ2n) is 7.47. The van der Waals surface area contributed by atoms with Crippen LogP contribution < -0.4 is 15.7 Å². The van der Waals surface area contributed by atoms with Crippen molar-refractivity contribution in [3.63, 3.8) is 0 Å². The molecule has 2 saturated heterocycles. The zero-order valence-electron chi connectivity index (χ0n) is 17.4. The number of rotatable bonds is 7. The molecule has 0 radical (unpaired) electrons. The minimum absolute atomic E-state index is 0.0564. The van der Waals surface area contributed by atoms with Crippen LogP contribution in [-0.4, -0.2) is 70.6 Å². The van der Waals surface area contributed by atoms with Crippen molar-refractivity contribution in [1.29, 1.82) is 0 Å². The summed E-state index contributed by atoms with van der Waals surface area (Å²) in [6.07, 6.45) is -1.68. The Labute approximate surface area is 183 Å². The maximum Gasteiger partial charge on any atom is 0.351 e. The second-order valence-corrected chi connectivity index (χ2v) is 7.47. The van der Waals surface area contributed by atoms with Crippen LogP contribution in [0.2, 0.25) is 0 Å². The van der Waals surface area contributed by atoms with E-state index in [4.69, 9.17) is 18.9 Å². The van der Waals surface area contributed by atoms with E-state index < -0.39 is 49.0 Å². The number of hydrogen-bond donors (Lipinski definition) is 3. The summed E-state index contributed by atoms with van der Waals surface area (Å²) < 4.78 is 23.2. The molecule has 0 spiro atoms. The summed E-state index contributed by atoms with van der Waals surface area (Å²) in [5, 5.41) is 22.6. The predicted octanol–water partition coefficient (Wildman–Crippen LogP) is 0.276. The van der Waals surface area contributed by atoms with E-state index >= 15 is 0 Å². The first kappa shape index (κ1) is 22.4. The van der Waals surface area contributed by atoms with Crippen molar-refractivity contribution in [2.45, 2.75) is 43.7 Å². The summed E-state index contributed by atoms with van der Waals surface area (Å²) in [5.74, 6) is 0.229. The van der Waals surface area contributed by atoms with Crippen molar-refractivity contribution in [2.75, 3.05) is 25.6 Å². The minimum Gasteiger partial charge on any atom is -0.497 e. The Balaban J connectivity index is 1.50. The van der Waals surface area contributed by atoms with Gasteiger partial charge >= 0.3 is 5.69 Å². The summed E-state index contributed by atoms with van der Waals surface area (Å²) in [7, 11) is 1.53. The number of aromatic nitrogens is 2. The number of aliphatic hydroxyl groups excluding tert-OH is 2. The van der Waals surface area contributed by atoms with Crippen LogP contribution in [0.5, 0.6) is 5.75 Å². The molecule has 172 valence electrons. The fourth-order valence-electron chi connectivity index (χ4n) is 3.68. The van der Waals surface area contributed by atoms with E-state index in [1.165, 1.54) is 19.4 Å². The summed E-state index contributed by atoms with van der Waals surface area (Å²) >= 11 is 0. The van der Waals surface area contributed by atoms with Crippen LogP contribution in [0.1, 0.15) is 29.4 Å². The van der Waals surface area contributed by atoms with Crippen LogP contribution >= 0.6 is 0 Å². The highest BCUT2D eigenvalue weighted by Crippen LogP contribution is 2.33. The topological polar surface area (TPSA) is 141 Å². The van der Waals surface area contributed by atoms with Crippen LogP contribution in [0.25, 0.3) is 0 Å². The minimum atomic E-state index is -1.16. The molecule has 0 aliphatic carbocycles. The molecule has 0 bridgehead atoms. The van der Waals surface area contributed by atoms with Gasteiger partial charge < -0.3 is 34.5 Å². The second kappa shape index (κ2) is 9.76. The molecular weight excluding hydrogens is 422 g/mol. The summed E-state index contributed by atoms with van der Waals surface area (Å²) in [6.45, 7) is 0.105. The van der Waals surface area contributed by atoms with E-state index in [2.05, 4.69) is 10.3 Å². The first-order valence-corrected chi connectivity index (χ1v) is 10.3. The molecule has 1 unspecified atom stereocenters. The average Bonchev–Trinajstić information content (AvgIpc) is 3.42. The predicted molar refractivity (Wildman–Crippen MR) is 110 cm³/mol. The van der Waals surface area contributed by atoms with Gasteiger partial charge in [-0.2, -0.15) is 4.98 Å². The molecule has 32 heavy (non-hydrogen) atoms. The van der Waals surface area contributed by atoms with E-state index in [-0.39, 0.29) is 5.82 Å². The number of anilines is 1. The zero-order valence-corrected chi connectivity index (χ0v) is 17.4. The third kappa shape index (κ3) is 4.66. The number of hydrogen-bond acceptors (Lipinski definition) is 9.